The first kappa shape index (κ1) is 12.9. The molecule has 1 atom stereocenters. The Hall–Kier alpha value is -0.540. The summed E-state index contributed by atoms with van der Waals surface area (Å²) in [5.41, 5.74) is 1.34. The maximum atomic E-state index is 5.29. The van der Waals surface area contributed by atoms with Gasteiger partial charge in [-0.1, -0.05) is 22.9 Å². The number of rotatable bonds is 6. The van der Waals surface area contributed by atoms with E-state index in [2.05, 4.69) is 40.3 Å². The molecule has 1 N–H and O–H groups in total. The third-order valence-corrected chi connectivity index (χ3v) is 4.12. The lowest BCUT2D eigenvalue weighted by atomic mass is 10.0. The molecule has 1 aliphatic carbocycles. The van der Waals surface area contributed by atoms with E-state index >= 15 is 0 Å². The van der Waals surface area contributed by atoms with Crippen molar-refractivity contribution in [2.24, 2.45) is 5.92 Å². The Kier molecular flexibility index (Phi) is 4.46. The first-order chi connectivity index (χ1) is 8.24. The monoisotopic (exact) mass is 297 g/mol. The van der Waals surface area contributed by atoms with Gasteiger partial charge in [0, 0.05) is 10.5 Å². The summed E-state index contributed by atoms with van der Waals surface area (Å²) in [4.78, 5) is 0. The Morgan fingerprint density at radius 1 is 1.47 bits per heavy atom. The van der Waals surface area contributed by atoms with Crippen molar-refractivity contribution in [2.45, 2.75) is 32.2 Å². The molecule has 1 aliphatic rings. The van der Waals surface area contributed by atoms with Crippen molar-refractivity contribution in [3.63, 3.8) is 0 Å². The molecule has 0 heterocycles. The summed E-state index contributed by atoms with van der Waals surface area (Å²) in [5.74, 6) is 1.81. The minimum absolute atomic E-state index is 0.614. The van der Waals surface area contributed by atoms with Crippen molar-refractivity contribution >= 4 is 15.9 Å². The molecular formula is C14H20BrNO. The highest BCUT2D eigenvalue weighted by Crippen LogP contribution is 2.35. The molecule has 94 valence electrons. The number of ether oxygens (including phenoxy) is 1. The second-order valence-corrected chi connectivity index (χ2v) is 5.52. The Morgan fingerprint density at radius 2 is 2.24 bits per heavy atom. The molecule has 0 aliphatic heterocycles. The van der Waals surface area contributed by atoms with E-state index in [1.807, 2.05) is 6.07 Å². The summed E-state index contributed by atoms with van der Waals surface area (Å²) in [6.45, 7) is 3.22. The second-order valence-electron chi connectivity index (χ2n) is 4.66. The molecule has 0 aromatic heterocycles. The summed E-state index contributed by atoms with van der Waals surface area (Å²) >= 11 is 3.63. The zero-order valence-electron chi connectivity index (χ0n) is 10.5. The molecule has 17 heavy (non-hydrogen) atoms. The fourth-order valence-corrected chi connectivity index (χ4v) is 2.65. The van der Waals surface area contributed by atoms with E-state index in [0.29, 0.717) is 6.04 Å². The standard InChI is InChI=1S/C14H20BrNO/c1-3-16-14(10-4-5-10)9-11-8-12(17-2)6-7-13(11)15/h6-8,10,14,16H,3-5,9H2,1-2H3. The molecule has 2 rings (SSSR count). The third-order valence-electron chi connectivity index (χ3n) is 3.35. The summed E-state index contributed by atoms with van der Waals surface area (Å²) < 4.78 is 6.47. The number of benzene rings is 1. The van der Waals surface area contributed by atoms with Crippen LogP contribution in [-0.4, -0.2) is 19.7 Å². The van der Waals surface area contributed by atoms with E-state index in [4.69, 9.17) is 4.74 Å². The van der Waals surface area contributed by atoms with Crippen molar-refractivity contribution in [3.05, 3.63) is 28.2 Å². The fraction of sp³-hybridized carbons (Fsp3) is 0.571. The third kappa shape index (κ3) is 3.46. The SMILES string of the molecule is CCNC(Cc1cc(OC)ccc1Br)C1CC1. The minimum Gasteiger partial charge on any atom is -0.497 e. The fourth-order valence-electron chi connectivity index (χ4n) is 2.24. The average Bonchev–Trinajstić information content (AvgIpc) is 3.15. The van der Waals surface area contributed by atoms with Crippen molar-refractivity contribution < 1.29 is 4.74 Å². The van der Waals surface area contributed by atoms with Crippen LogP contribution in [0.5, 0.6) is 5.75 Å². The van der Waals surface area contributed by atoms with Gasteiger partial charge in [0.2, 0.25) is 0 Å². The van der Waals surface area contributed by atoms with Gasteiger partial charge in [-0.25, -0.2) is 0 Å². The molecule has 1 fully saturated rings. The van der Waals surface area contributed by atoms with E-state index in [-0.39, 0.29) is 0 Å². The highest BCUT2D eigenvalue weighted by molar-refractivity contribution is 9.10. The highest BCUT2D eigenvalue weighted by atomic mass is 79.9. The number of halogens is 1. The molecule has 0 spiro atoms. The Balaban J connectivity index is 2.09. The van der Waals surface area contributed by atoms with Crippen molar-refractivity contribution in [3.8, 4) is 5.75 Å². The predicted octanol–water partition coefficient (Wildman–Crippen LogP) is 3.39. The van der Waals surface area contributed by atoms with Gasteiger partial charge in [0.25, 0.3) is 0 Å². The topological polar surface area (TPSA) is 21.3 Å². The number of hydrogen-bond acceptors (Lipinski definition) is 2. The highest BCUT2D eigenvalue weighted by Gasteiger charge is 2.30. The molecule has 2 nitrogen and oxygen atoms in total. The van der Waals surface area contributed by atoms with Crippen LogP contribution in [0.4, 0.5) is 0 Å². The van der Waals surface area contributed by atoms with Crippen molar-refractivity contribution in [2.75, 3.05) is 13.7 Å². The lowest BCUT2D eigenvalue weighted by Gasteiger charge is -2.18. The van der Waals surface area contributed by atoms with Gasteiger partial charge in [-0.3, -0.25) is 0 Å². The first-order valence-corrected chi connectivity index (χ1v) is 7.09. The number of methoxy groups -OCH3 is 1. The van der Waals surface area contributed by atoms with Gasteiger partial charge in [-0.15, -0.1) is 0 Å². The molecule has 1 aromatic rings. The van der Waals surface area contributed by atoms with Crippen LogP contribution in [-0.2, 0) is 6.42 Å². The van der Waals surface area contributed by atoms with Crippen LogP contribution in [0.3, 0.4) is 0 Å². The van der Waals surface area contributed by atoms with E-state index in [1.165, 1.54) is 22.9 Å². The quantitative estimate of drug-likeness (QED) is 0.869. The van der Waals surface area contributed by atoms with Crippen LogP contribution < -0.4 is 10.1 Å². The van der Waals surface area contributed by atoms with Crippen LogP contribution >= 0.6 is 15.9 Å². The number of nitrogens with one attached hydrogen (secondary N) is 1. The van der Waals surface area contributed by atoms with Crippen LogP contribution in [0, 0.1) is 5.92 Å². The van der Waals surface area contributed by atoms with Crippen LogP contribution in [0.15, 0.2) is 22.7 Å². The van der Waals surface area contributed by atoms with Crippen LogP contribution in [0.25, 0.3) is 0 Å². The lowest BCUT2D eigenvalue weighted by molar-refractivity contribution is 0.413. The van der Waals surface area contributed by atoms with E-state index in [1.54, 1.807) is 7.11 Å². The smallest absolute Gasteiger partial charge is 0.119 e. The molecule has 0 bridgehead atoms. The molecule has 0 saturated heterocycles. The predicted molar refractivity (Wildman–Crippen MR) is 74.6 cm³/mol. The zero-order chi connectivity index (χ0) is 12.3. The number of likely N-dealkylation sites (N-methyl/N-ethyl adjacent to an activating group) is 1. The van der Waals surface area contributed by atoms with Crippen molar-refractivity contribution in [1.82, 2.24) is 5.32 Å². The summed E-state index contributed by atoms with van der Waals surface area (Å²) in [6.07, 6.45) is 3.83. The van der Waals surface area contributed by atoms with Gasteiger partial charge in [0.05, 0.1) is 7.11 Å². The maximum Gasteiger partial charge on any atom is 0.119 e. The summed E-state index contributed by atoms with van der Waals surface area (Å²) in [5, 5.41) is 3.60. The lowest BCUT2D eigenvalue weighted by Crippen LogP contribution is -2.33. The Morgan fingerprint density at radius 3 is 2.82 bits per heavy atom. The molecule has 1 aromatic carbocycles. The van der Waals surface area contributed by atoms with Crippen LogP contribution in [0.1, 0.15) is 25.3 Å². The molecule has 0 radical (unpaired) electrons. The van der Waals surface area contributed by atoms with Crippen LogP contribution in [0.2, 0.25) is 0 Å². The van der Waals surface area contributed by atoms with Crippen molar-refractivity contribution in [1.29, 1.82) is 0 Å². The zero-order valence-corrected chi connectivity index (χ0v) is 12.1. The van der Waals surface area contributed by atoms with E-state index in [9.17, 15) is 0 Å². The van der Waals surface area contributed by atoms with Gasteiger partial charge >= 0.3 is 0 Å². The molecular weight excluding hydrogens is 278 g/mol. The Labute approximate surface area is 112 Å². The number of hydrogen-bond donors (Lipinski definition) is 1. The summed E-state index contributed by atoms with van der Waals surface area (Å²) in [7, 11) is 1.72. The van der Waals surface area contributed by atoms with E-state index in [0.717, 1.165) is 24.6 Å². The van der Waals surface area contributed by atoms with Gasteiger partial charge in [-0.05, 0) is 55.5 Å². The molecule has 1 unspecified atom stereocenters. The molecule has 1 saturated carbocycles. The second kappa shape index (κ2) is 5.87. The summed E-state index contributed by atoms with van der Waals surface area (Å²) in [6, 6.07) is 6.82. The maximum absolute atomic E-state index is 5.29. The molecule has 3 heteroatoms. The first-order valence-electron chi connectivity index (χ1n) is 6.30. The van der Waals surface area contributed by atoms with Gasteiger partial charge < -0.3 is 10.1 Å². The largest absolute Gasteiger partial charge is 0.497 e. The van der Waals surface area contributed by atoms with E-state index < -0.39 is 0 Å². The van der Waals surface area contributed by atoms with Gasteiger partial charge in [0.15, 0.2) is 0 Å². The minimum atomic E-state index is 0.614. The average molecular weight is 298 g/mol. The Bertz CT molecular complexity index is 376. The van der Waals surface area contributed by atoms with Gasteiger partial charge in [-0.2, -0.15) is 0 Å². The van der Waals surface area contributed by atoms with Gasteiger partial charge in [0.1, 0.15) is 5.75 Å². The normalized spacial score (nSPS) is 16.9. The molecule has 0 amide bonds.